The highest BCUT2D eigenvalue weighted by Crippen LogP contribution is 2.69. The first-order chi connectivity index (χ1) is 24.5. The van der Waals surface area contributed by atoms with Gasteiger partial charge in [-0.25, -0.2) is 0 Å². The topological polar surface area (TPSA) is 0 Å². The highest BCUT2D eigenvalue weighted by Gasteiger charge is 2.62. The number of aryl methyl sites for hydroxylation is 2. The van der Waals surface area contributed by atoms with Crippen LogP contribution in [0.25, 0.3) is 0 Å². The lowest BCUT2D eigenvalue weighted by Crippen LogP contribution is -2.48. The number of hydrogen-bond acceptors (Lipinski definition) is 0. The Balaban J connectivity index is 0.00000136. The normalized spacial score (nSPS) is 31.0. The highest BCUT2D eigenvalue weighted by atomic mass is 14.7. The van der Waals surface area contributed by atoms with Crippen LogP contribution >= 0.6 is 0 Å². The molecule has 6 aliphatic carbocycles. The third-order valence-electron chi connectivity index (χ3n) is 15.4. The number of hydrogen-bond donors (Lipinski definition) is 0. The summed E-state index contributed by atoms with van der Waals surface area (Å²) in [5.41, 5.74) is 13.4. The molecular formula is C52H72. The molecule has 52 heavy (non-hydrogen) atoms. The van der Waals surface area contributed by atoms with E-state index in [4.69, 9.17) is 0 Å². The van der Waals surface area contributed by atoms with Gasteiger partial charge in [-0.15, -0.1) is 0 Å². The second-order valence-electron chi connectivity index (χ2n) is 21.0. The largest absolute Gasteiger partial charge is 0.0764 e. The Morgan fingerprint density at radius 2 is 0.769 bits per heavy atom. The van der Waals surface area contributed by atoms with E-state index in [0.29, 0.717) is 35.5 Å². The van der Waals surface area contributed by atoms with Gasteiger partial charge in [-0.2, -0.15) is 0 Å². The monoisotopic (exact) mass is 697 g/mol. The van der Waals surface area contributed by atoms with Crippen molar-refractivity contribution in [3.8, 4) is 0 Å². The van der Waals surface area contributed by atoms with Crippen molar-refractivity contribution in [2.45, 2.75) is 146 Å². The minimum atomic E-state index is -0.0479. The van der Waals surface area contributed by atoms with Crippen LogP contribution < -0.4 is 0 Å². The highest BCUT2D eigenvalue weighted by molar-refractivity contribution is 5.54. The summed E-state index contributed by atoms with van der Waals surface area (Å²) in [6, 6.07) is 19.9. The predicted molar refractivity (Wildman–Crippen MR) is 224 cm³/mol. The van der Waals surface area contributed by atoms with Gasteiger partial charge in [0.2, 0.25) is 0 Å². The maximum absolute atomic E-state index is 2.92. The van der Waals surface area contributed by atoms with Crippen LogP contribution in [0.5, 0.6) is 0 Å². The van der Waals surface area contributed by atoms with Crippen molar-refractivity contribution < 1.29 is 0 Å². The van der Waals surface area contributed by atoms with Crippen LogP contribution in [-0.4, -0.2) is 0 Å². The number of allylic oxidation sites excluding steroid dienone is 8. The van der Waals surface area contributed by atoms with Crippen molar-refractivity contribution in [1.29, 1.82) is 0 Å². The molecule has 0 amide bonds. The molecule has 4 unspecified atom stereocenters. The van der Waals surface area contributed by atoms with E-state index in [2.05, 4.69) is 156 Å². The average molecular weight is 697 g/mol. The zero-order valence-electron chi connectivity index (χ0n) is 35.3. The molecule has 4 saturated carbocycles. The molecule has 0 saturated heterocycles. The lowest BCUT2D eigenvalue weighted by molar-refractivity contribution is 0.152. The van der Waals surface area contributed by atoms with Crippen molar-refractivity contribution in [3.05, 3.63) is 117 Å². The molecule has 4 atom stereocenters. The van der Waals surface area contributed by atoms with E-state index in [1.54, 1.807) is 33.4 Å². The molecule has 0 heterocycles. The standard InChI is InChI=1S/C49H64.C3H8/c1-31-15-19-34(20-16-31)49(33-13-11-12-14-33,35-21-17-32(2)18-22-35)44-38-29-42-40(45(3,4)23-25-47(42,7)8)27-36(38)37-28-41-43(30-39(37)44)48(9,10)26-24-46(41,5)6;1-3-2/h15-22,27-30,33,36-39,44H,11-14,23-26H2,1-10H3;3H2,1-2H3. The van der Waals surface area contributed by atoms with Gasteiger partial charge in [-0.3, -0.25) is 0 Å². The molecule has 0 radical (unpaired) electrons. The van der Waals surface area contributed by atoms with Crippen LogP contribution in [0.3, 0.4) is 0 Å². The molecule has 2 aromatic rings. The summed E-state index contributed by atoms with van der Waals surface area (Å²) < 4.78 is 0. The Morgan fingerprint density at radius 1 is 0.481 bits per heavy atom. The zero-order valence-corrected chi connectivity index (χ0v) is 35.3. The van der Waals surface area contributed by atoms with Gasteiger partial charge in [0.15, 0.2) is 0 Å². The molecular weight excluding hydrogens is 625 g/mol. The molecule has 0 nitrogen and oxygen atoms in total. The van der Waals surface area contributed by atoms with Gasteiger partial charge < -0.3 is 0 Å². The van der Waals surface area contributed by atoms with Crippen LogP contribution in [0, 0.1) is 71.0 Å². The molecule has 280 valence electrons. The van der Waals surface area contributed by atoms with E-state index in [9.17, 15) is 0 Å². The minimum absolute atomic E-state index is 0.0479. The molecule has 0 N–H and O–H groups in total. The van der Waals surface area contributed by atoms with E-state index in [0.717, 1.165) is 0 Å². The van der Waals surface area contributed by atoms with Crippen LogP contribution in [-0.2, 0) is 5.41 Å². The quantitative estimate of drug-likeness (QED) is 0.298. The van der Waals surface area contributed by atoms with Crippen LogP contribution in [0.2, 0.25) is 0 Å². The second kappa shape index (κ2) is 13.3. The first kappa shape index (κ1) is 37.7. The summed E-state index contributed by atoms with van der Waals surface area (Å²) >= 11 is 0. The summed E-state index contributed by atoms with van der Waals surface area (Å²) in [7, 11) is 0. The Morgan fingerprint density at radius 3 is 1.08 bits per heavy atom. The maximum atomic E-state index is 2.92. The van der Waals surface area contributed by atoms with Gasteiger partial charge >= 0.3 is 0 Å². The summed E-state index contributed by atoms with van der Waals surface area (Å²) in [6.07, 6.45) is 23.4. The fraction of sp³-hybridized carbons (Fsp3) is 0.615. The molecule has 0 spiro atoms. The van der Waals surface area contributed by atoms with Crippen molar-refractivity contribution in [1.82, 2.24) is 0 Å². The number of benzene rings is 2. The number of rotatable bonds is 4. The molecule has 4 fully saturated rings. The van der Waals surface area contributed by atoms with Crippen LogP contribution in [0.15, 0.2) is 95.1 Å². The first-order valence-electron chi connectivity index (χ1n) is 21.5. The molecule has 6 aliphatic rings. The summed E-state index contributed by atoms with van der Waals surface area (Å²) in [6.45, 7) is 29.1. The molecule has 0 aromatic heterocycles. The molecule has 0 aliphatic heterocycles. The zero-order chi connectivity index (χ0) is 37.4. The van der Waals surface area contributed by atoms with E-state index >= 15 is 0 Å². The molecule has 0 bridgehead atoms. The Labute approximate surface area is 319 Å². The lowest BCUT2D eigenvalue weighted by atomic mass is 9.51. The summed E-state index contributed by atoms with van der Waals surface area (Å²) in [5.74, 6) is 3.21. The maximum Gasteiger partial charge on any atom is 0.0270 e. The van der Waals surface area contributed by atoms with E-state index < -0.39 is 0 Å². The Hall–Kier alpha value is -2.60. The smallest absolute Gasteiger partial charge is 0.0270 e. The van der Waals surface area contributed by atoms with Gasteiger partial charge in [-0.05, 0) is 143 Å². The summed E-state index contributed by atoms with van der Waals surface area (Å²) in [5, 5.41) is 0. The third-order valence-corrected chi connectivity index (χ3v) is 15.4. The van der Waals surface area contributed by atoms with Gasteiger partial charge in [-0.1, -0.05) is 172 Å². The fourth-order valence-electron chi connectivity index (χ4n) is 12.3. The van der Waals surface area contributed by atoms with Gasteiger partial charge in [0, 0.05) is 5.41 Å². The van der Waals surface area contributed by atoms with Crippen molar-refractivity contribution in [2.24, 2.45) is 57.2 Å². The SMILES string of the molecule is CCC.Cc1ccc(C(c2ccc(C)cc2)(C2CCCC2)C2C3C=C4C(=CC3C3C=C5C(=CC32)C(C)(C)CCC5(C)C)C(C)(C)CCC4(C)C)cc1. The first-order valence-corrected chi connectivity index (χ1v) is 21.5. The van der Waals surface area contributed by atoms with Crippen LogP contribution in [0.4, 0.5) is 0 Å². The second-order valence-corrected chi connectivity index (χ2v) is 21.0. The van der Waals surface area contributed by atoms with Crippen molar-refractivity contribution >= 4 is 0 Å². The van der Waals surface area contributed by atoms with Gasteiger partial charge in [0.05, 0.1) is 0 Å². The molecule has 0 heteroatoms. The van der Waals surface area contributed by atoms with Gasteiger partial charge in [0.1, 0.15) is 0 Å². The van der Waals surface area contributed by atoms with E-state index in [1.807, 2.05) is 0 Å². The van der Waals surface area contributed by atoms with Crippen molar-refractivity contribution in [2.75, 3.05) is 0 Å². The minimum Gasteiger partial charge on any atom is -0.0764 e. The lowest BCUT2D eigenvalue weighted by Gasteiger charge is -2.52. The predicted octanol–water partition coefficient (Wildman–Crippen LogP) is 14.7. The van der Waals surface area contributed by atoms with Crippen molar-refractivity contribution in [3.63, 3.8) is 0 Å². The Kier molecular flexibility index (Phi) is 9.65. The van der Waals surface area contributed by atoms with Crippen LogP contribution in [0.1, 0.15) is 149 Å². The summed E-state index contributed by atoms with van der Waals surface area (Å²) in [4.78, 5) is 0. The Bertz CT molecular complexity index is 1630. The van der Waals surface area contributed by atoms with E-state index in [-0.39, 0.29) is 27.1 Å². The average Bonchev–Trinajstić information content (AvgIpc) is 3.74. The fourth-order valence-corrected chi connectivity index (χ4v) is 12.3. The third kappa shape index (κ3) is 6.00. The number of fused-ring (bicyclic) bond motifs is 5. The molecule has 8 rings (SSSR count). The van der Waals surface area contributed by atoms with E-state index in [1.165, 1.54) is 68.9 Å². The molecule has 2 aromatic carbocycles. The van der Waals surface area contributed by atoms with Gasteiger partial charge in [0.25, 0.3) is 0 Å².